The van der Waals surface area contributed by atoms with E-state index < -0.39 is 38.9 Å². The molecule has 0 aliphatic carbocycles. The largest absolute Gasteiger partial charge is 0.433 e. The molecule has 0 fully saturated rings. The summed E-state index contributed by atoms with van der Waals surface area (Å²) >= 11 is 0. The molecule has 1 aliphatic heterocycles. The summed E-state index contributed by atoms with van der Waals surface area (Å²) in [5.41, 5.74) is 2.88. The van der Waals surface area contributed by atoms with Crippen molar-refractivity contribution in [2.75, 3.05) is 6.26 Å². The zero-order chi connectivity index (χ0) is 27.5. The molecule has 0 saturated heterocycles. The summed E-state index contributed by atoms with van der Waals surface area (Å²) in [5.74, 6) is -1.97. The number of nitrogens with two attached hydrogens (primary N) is 1. The Bertz CT molecular complexity index is 1740. The Hall–Kier alpha value is -4.19. The molecule has 0 amide bonds. The molecule has 1 unspecified atom stereocenters. The number of benzene rings is 2. The molecule has 1 aliphatic rings. The van der Waals surface area contributed by atoms with Crippen LogP contribution < -0.4 is 5.73 Å². The van der Waals surface area contributed by atoms with Crippen LogP contribution in [0.4, 0.5) is 22.0 Å². The highest BCUT2D eigenvalue weighted by Crippen LogP contribution is 2.48. The van der Waals surface area contributed by atoms with Gasteiger partial charge in [-0.15, -0.1) is 0 Å². The van der Waals surface area contributed by atoms with E-state index in [1.54, 1.807) is 0 Å². The molecule has 3 heterocycles. The van der Waals surface area contributed by atoms with Crippen molar-refractivity contribution in [3.8, 4) is 11.1 Å². The number of nitrogens with zero attached hydrogens (tertiary/aromatic N) is 3. The van der Waals surface area contributed by atoms with E-state index in [-0.39, 0.29) is 33.0 Å². The van der Waals surface area contributed by atoms with E-state index in [1.807, 2.05) is 0 Å². The van der Waals surface area contributed by atoms with Crippen molar-refractivity contribution in [2.24, 2.45) is 10.7 Å². The van der Waals surface area contributed by atoms with Gasteiger partial charge in [-0.2, -0.15) is 13.2 Å². The van der Waals surface area contributed by atoms with Crippen LogP contribution in [0.5, 0.6) is 0 Å². The highest BCUT2D eigenvalue weighted by atomic mass is 32.2. The SMILES string of the molecule is CS(=O)(=O)c1cncc(-c2ccc(F)c(C3(c4ccnc(C(F)(F)F)c4)N=C(N)c4c(F)cccc43)c2)c1. The Kier molecular flexibility index (Phi) is 5.82. The standard InChI is InChI=1S/C26H17F5N4O2S/c1-38(36,37)17-9-15(12-33-13-17)14-5-6-20(27)19(10-14)25(16-7-8-34-22(11-16)26(29,30)31)18-3-2-4-21(28)23(18)24(32)35-25/h2-13H,1H3,(H2,32,35). The average Bonchev–Trinajstić information content (AvgIpc) is 3.17. The fraction of sp³-hybridized carbons (Fsp3) is 0.115. The Morgan fingerprint density at radius 3 is 2.37 bits per heavy atom. The van der Waals surface area contributed by atoms with Crippen molar-refractivity contribution < 1.29 is 30.4 Å². The van der Waals surface area contributed by atoms with Gasteiger partial charge in [-0.3, -0.25) is 9.97 Å². The third kappa shape index (κ3) is 4.10. The summed E-state index contributed by atoms with van der Waals surface area (Å²) in [6, 6.07) is 10.9. The molecule has 4 aromatic rings. The van der Waals surface area contributed by atoms with E-state index in [0.717, 1.165) is 30.8 Å². The first-order valence-corrected chi connectivity index (χ1v) is 12.9. The fourth-order valence-corrected chi connectivity index (χ4v) is 5.13. The predicted molar refractivity (Wildman–Crippen MR) is 129 cm³/mol. The third-order valence-corrected chi connectivity index (χ3v) is 7.33. The molecule has 0 saturated carbocycles. The van der Waals surface area contributed by atoms with Gasteiger partial charge in [0.2, 0.25) is 0 Å². The van der Waals surface area contributed by atoms with E-state index in [1.165, 1.54) is 42.6 Å². The van der Waals surface area contributed by atoms with Crippen molar-refractivity contribution in [3.63, 3.8) is 0 Å². The molecule has 6 nitrogen and oxygen atoms in total. The number of fused-ring (bicyclic) bond motifs is 1. The lowest BCUT2D eigenvalue weighted by atomic mass is 9.76. The van der Waals surface area contributed by atoms with Crippen LogP contribution in [-0.2, 0) is 21.6 Å². The molecule has 1 atom stereocenters. The minimum atomic E-state index is -4.83. The van der Waals surface area contributed by atoms with Gasteiger partial charge in [-0.1, -0.05) is 18.2 Å². The third-order valence-electron chi connectivity index (χ3n) is 6.25. The van der Waals surface area contributed by atoms with Crippen LogP contribution in [0.3, 0.4) is 0 Å². The van der Waals surface area contributed by atoms with Crippen molar-refractivity contribution in [3.05, 3.63) is 113 Å². The van der Waals surface area contributed by atoms with Crippen molar-refractivity contribution >= 4 is 15.7 Å². The van der Waals surface area contributed by atoms with Gasteiger partial charge in [0, 0.05) is 41.5 Å². The van der Waals surface area contributed by atoms with Crippen molar-refractivity contribution in [1.82, 2.24) is 9.97 Å². The zero-order valence-electron chi connectivity index (χ0n) is 19.5. The molecule has 0 radical (unpaired) electrons. The molecule has 2 N–H and O–H groups in total. The lowest BCUT2D eigenvalue weighted by Crippen LogP contribution is -2.28. The first-order valence-electron chi connectivity index (χ1n) is 11.0. The monoisotopic (exact) mass is 544 g/mol. The summed E-state index contributed by atoms with van der Waals surface area (Å²) in [4.78, 5) is 11.6. The van der Waals surface area contributed by atoms with Crippen LogP contribution in [-0.4, -0.2) is 30.5 Å². The Labute approximate surface area is 213 Å². The number of hydrogen-bond acceptors (Lipinski definition) is 6. The Morgan fingerprint density at radius 1 is 0.895 bits per heavy atom. The minimum absolute atomic E-state index is 0.0355. The van der Waals surface area contributed by atoms with Crippen LogP contribution in [0.25, 0.3) is 11.1 Å². The molecular formula is C26H17F5N4O2S. The van der Waals surface area contributed by atoms with E-state index in [4.69, 9.17) is 5.73 Å². The maximum Gasteiger partial charge on any atom is 0.433 e. The first kappa shape index (κ1) is 25.5. The molecule has 12 heteroatoms. The quantitative estimate of drug-likeness (QED) is 0.371. The number of alkyl halides is 3. The van der Waals surface area contributed by atoms with Gasteiger partial charge < -0.3 is 5.73 Å². The lowest BCUT2D eigenvalue weighted by Gasteiger charge is -2.30. The number of halogens is 5. The second-order valence-electron chi connectivity index (χ2n) is 8.67. The van der Waals surface area contributed by atoms with Gasteiger partial charge in [0.05, 0.1) is 10.5 Å². The number of rotatable bonds is 4. The Morgan fingerprint density at radius 2 is 1.66 bits per heavy atom. The highest BCUT2D eigenvalue weighted by Gasteiger charge is 2.47. The van der Waals surface area contributed by atoms with Crippen LogP contribution in [0.2, 0.25) is 0 Å². The lowest BCUT2D eigenvalue weighted by molar-refractivity contribution is -0.141. The summed E-state index contributed by atoms with van der Waals surface area (Å²) in [7, 11) is -3.62. The molecular weight excluding hydrogens is 527 g/mol. The van der Waals surface area contributed by atoms with Crippen LogP contribution in [0, 0.1) is 11.6 Å². The number of sulfone groups is 1. The smallest absolute Gasteiger partial charge is 0.383 e. The maximum atomic E-state index is 15.6. The van der Waals surface area contributed by atoms with Gasteiger partial charge in [-0.05, 0) is 47.5 Å². The summed E-state index contributed by atoms with van der Waals surface area (Å²) in [6.07, 6.45) is -0.409. The van der Waals surface area contributed by atoms with E-state index >= 15 is 4.39 Å². The molecule has 0 spiro atoms. The topological polar surface area (TPSA) is 98.3 Å². The van der Waals surface area contributed by atoms with Gasteiger partial charge in [0.25, 0.3) is 0 Å². The molecule has 0 bridgehead atoms. The van der Waals surface area contributed by atoms with Gasteiger partial charge in [-0.25, -0.2) is 22.2 Å². The molecule has 2 aromatic carbocycles. The zero-order valence-corrected chi connectivity index (χ0v) is 20.3. The number of pyridine rings is 2. The summed E-state index contributed by atoms with van der Waals surface area (Å²) < 4.78 is 95.4. The molecule has 194 valence electrons. The van der Waals surface area contributed by atoms with Gasteiger partial charge in [0.1, 0.15) is 28.7 Å². The average molecular weight is 545 g/mol. The van der Waals surface area contributed by atoms with E-state index in [9.17, 15) is 26.0 Å². The molecule has 5 rings (SSSR count). The minimum Gasteiger partial charge on any atom is -0.383 e. The van der Waals surface area contributed by atoms with Crippen molar-refractivity contribution in [2.45, 2.75) is 16.6 Å². The maximum absolute atomic E-state index is 15.6. The Balaban J connectivity index is 1.83. The van der Waals surface area contributed by atoms with E-state index in [0.29, 0.717) is 17.2 Å². The number of aliphatic imine (C=N–C) groups is 1. The normalized spacial score (nSPS) is 17.3. The van der Waals surface area contributed by atoms with Crippen LogP contribution >= 0.6 is 0 Å². The van der Waals surface area contributed by atoms with Gasteiger partial charge in [0.15, 0.2) is 9.84 Å². The van der Waals surface area contributed by atoms with Crippen molar-refractivity contribution in [1.29, 1.82) is 0 Å². The van der Waals surface area contributed by atoms with Crippen LogP contribution in [0.1, 0.15) is 27.9 Å². The van der Waals surface area contributed by atoms with Gasteiger partial charge >= 0.3 is 6.18 Å². The second-order valence-corrected chi connectivity index (χ2v) is 10.7. The fourth-order valence-electron chi connectivity index (χ4n) is 4.54. The highest BCUT2D eigenvalue weighted by molar-refractivity contribution is 7.90. The number of hydrogen-bond donors (Lipinski definition) is 1. The first-order chi connectivity index (χ1) is 17.8. The summed E-state index contributed by atoms with van der Waals surface area (Å²) in [5, 5.41) is 0. The van der Waals surface area contributed by atoms with E-state index in [2.05, 4.69) is 15.0 Å². The van der Waals surface area contributed by atoms with Crippen LogP contribution in [0.15, 0.2) is 83.1 Å². The summed E-state index contributed by atoms with van der Waals surface area (Å²) in [6.45, 7) is 0. The molecule has 2 aromatic heterocycles. The number of aromatic nitrogens is 2. The number of amidine groups is 1. The predicted octanol–water partition coefficient (Wildman–Crippen LogP) is 4.85. The second kappa shape index (κ2) is 8.69. The molecule has 38 heavy (non-hydrogen) atoms.